The molecule has 0 saturated heterocycles. The Bertz CT molecular complexity index is 260. The minimum atomic E-state index is -1.90. The van der Waals surface area contributed by atoms with Crippen LogP contribution >= 0.6 is 0 Å². The van der Waals surface area contributed by atoms with Crippen molar-refractivity contribution in [1.29, 1.82) is 0 Å². The van der Waals surface area contributed by atoms with E-state index in [1.807, 2.05) is 0 Å². The normalized spacial score (nSPS) is 18.5. The van der Waals surface area contributed by atoms with Crippen molar-refractivity contribution in [3.8, 4) is 0 Å². The van der Waals surface area contributed by atoms with Gasteiger partial charge in [-0.25, -0.2) is 4.79 Å². The van der Waals surface area contributed by atoms with E-state index >= 15 is 0 Å². The van der Waals surface area contributed by atoms with Gasteiger partial charge in [0, 0.05) is 12.7 Å². The summed E-state index contributed by atoms with van der Waals surface area (Å²) in [6.45, 7) is 6.56. The van der Waals surface area contributed by atoms with Gasteiger partial charge in [-0.3, -0.25) is 4.90 Å². The smallest absolute Gasteiger partial charge is 0.310 e. The van der Waals surface area contributed by atoms with Crippen LogP contribution in [0.15, 0.2) is 24.3 Å². The summed E-state index contributed by atoms with van der Waals surface area (Å²) in [6, 6.07) is 0. The predicted octanol–water partition coefficient (Wildman–Crippen LogP) is -1.16. The molecule has 0 heterocycles. The summed E-state index contributed by atoms with van der Waals surface area (Å²) in [5.41, 5.74) is 0.354. The van der Waals surface area contributed by atoms with E-state index in [0.717, 1.165) is 0 Å². The first kappa shape index (κ1) is 13.0. The number of allylic oxidation sites excluding steroid dienone is 1. The van der Waals surface area contributed by atoms with E-state index in [1.165, 1.54) is 27.2 Å². The molecule has 0 spiro atoms. The van der Waals surface area contributed by atoms with E-state index in [9.17, 15) is 9.90 Å². The Morgan fingerprint density at radius 3 is 2.36 bits per heavy atom. The number of rotatable bonds is 4. The number of carbonyl (C=O) groups excluding carboxylic acids is 1. The van der Waals surface area contributed by atoms with Crippen LogP contribution in [0.5, 0.6) is 0 Å². The van der Waals surface area contributed by atoms with Crippen LogP contribution in [0.1, 0.15) is 13.8 Å². The second kappa shape index (κ2) is 5.05. The van der Waals surface area contributed by atoms with Gasteiger partial charge in [-0.2, -0.15) is 0 Å². The summed E-state index contributed by atoms with van der Waals surface area (Å²) >= 11 is 0. The molecule has 4 heteroatoms. The molecule has 0 saturated carbocycles. The Hall–Kier alpha value is -0.970. The van der Waals surface area contributed by atoms with Crippen LogP contribution in [0, 0.1) is 0 Å². The zero-order valence-electron chi connectivity index (χ0n) is 9.09. The number of hydrogen-bond donors (Lipinski definition) is 1. The van der Waals surface area contributed by atoms with Crippen molar-refractivity contribution in [1.82, 2.24) is 0 Å². The van der Waals surface area contributed by atoms with Gasteiger partial charge in [-0.15, -0.1) is 0 Å². The Balaban J connectivity index is 5.16. The third-order valence-corrected chi connectivity index (χ3v) is 2.22. The maximum atomic E-state index is 12.2. The topological polar surface area (TPSA) is 53.8 Å². The van der Waals surface area contributed by atoms with Gasteiger partial charge in [0.1, 0.15) is 0 Å². The highest BCUT2D eigenvalue weighted by Crippen LogP contribution is 2.08. The molecule has 0 aromatic rings. The molecular weight excluding hydrogens is 182 g/mol. The first-order valence-corrected chi connectivity index (χ1v) is 4.33. The van der Waals surface area contributed by atoms with E-state index in [2.05, 4.69) is 6.58 Å². The second-order valence-corrected chi connectivity index (χ2v) is 2.95. The summed E-state index contributed by atoms with van der Waals surface area (Å²) in [4.78, 5) is 11.2. The van der Waals surface area contributed by atoms with Crippen molar-refractivity contribution < 1.29 is 19.5 Å². The zero-order chi connectivity index (χ0) is 11.4. The molecule has 0 rings (SSSR count). The van der Waals surface area contributed by atoms with Gasteiger partial charge in [0.05, 0.1) is 14.0 Å². The molecule has 0 aromatic heterocycles. The highest BCUT2D eigenvalue weighted by atomic mass is 16.6. The van der Waals surface area contributed by atoms with Crippen molar-refractivity contribution >= 4 is 5.91 Å². The molecule has 0 radical (unpaired) electrons. The number of nitrogens with one attached hydrogen (secondary N) is 1. The van der Waals surface area contributed by atoms with E-state index in [0.29, 0.717) is 5.57 Å². The van der Waals surface area contributed by atoms with Crippen molar-refractivity contribution in [3.05, 3.63) is 24.3 Å². The Labute approximate surface area is 84.5 Å². The average molecular weight is 199 g/mol. The lowest BCUT2D eigenvalue weighted by Crippen LogP contribution is -3.23. The number of hydrogen-bond acceptors (Lipinski definition) is 3. The molecule has 2 unspecified atom stereocenters. The molecule has 1 amide bonds. The van der Waals surface area contributed by atoms with Gasteiger partial charge in [0.15, 0.2) is 5.91 Å². The van der Waals surface area contributed by atoms with Crippen LogP contribution in [0.4, 0.5) is 0 Å². The molecule has 0 fully saturated rings. The fraction of sp³-hybridized carbons (Fsp3) is 0.500. The Morgan fingerprint density at radius 1 is 1.64 bits per heavy atom. The van der Waals surface area contributed by atoms with Crippen molar-refractivity contribution in [2.24, 2.45) is 0 Å². The lowest BCUT2D eigenvalue weighted by atomic mass is 10.1. The van der Waals surface area contributed by atoms with Gasteiger partial charge < -0.3 is 9.84 Å². The number of carbonyl (C=O) groups is 1. The summed E-state index contributed by atoms with van der Waals surface area (Å²) in [6.07, 6.45) is 3.00. The Kier molecular flexibility index (Phi) is 4.70. The molecule has 4 nitrogen and oxygen atoms in total. The molecule has 80 valence electrons. The molecule has 0 aliphatic rings. The number of methoxy groups -OCH3 is 1. The number of quaternary nitrogens is 1. The molecule has 14 heavy (non-hydrogen) atoms. The summed E-state index contributed by atoms with van der Waals surface area (Å²) in [5, 5.41) is 12.2. The molecule has 0 bridgehead atoms. The van der Waals surface area contributed by atoms with Gasteiger partial charge in [0.2, 0.25) is 0 Å². The minimum absolute atomic E-state index is 0.132. The van der Waals surface area contributed by atoms with Gasteiger partial charge in [-0.1, -0.05) is 18.7 Å². The van der Waals surface area contributed by atoms with Crippen LogP contribution in [-0.4, -0.2) is 26.0 Å². The van der Waals surface area contributed by atoms with E-state index in [4.69, 9.17) is 4.74 Å². The molecular formula is C10H17NO3. The monoisotopic (exact) mass is 199 g/mol. The van der Waals surface area contributed by atoms with Crippen LogP contribution in [0.3, 0.4) is 0 Å². The van der Waals surface area contributed by atoms with Gasteiger partial charge in [0.25, 0.3) is 0 Å². The van der Waals surface area contributed by atoms with Gasteiger partial charge >= 0.3 is 5.91 Å². The van der Waals surface area contributed by atoms with Gasteiger partial charge in [-0.05, 0) is 6.92 Å². The first-order valence-electron chi connectivity index (χ1n) is 4.33. The number of ether oxygens (including phenoxy) is 1. The maximum absolute atomic E-state index is 12.2. The SMILES string of the molecule is C=C/C(=C\C)C([O-])(OC)[NH+](C)C(C)=O. The van der Waals surface area contributed by atoms with Crippen molar-refractivity contribution in [3.63, 3.8) is 0 Å². The fourth-order valence-corrected chi connectivity index (χ4v) is 1.16. The molecule has 2 atom stereocenters. The summed E-state index contributed by atoms with van der Waals surface area (Å²) < 4.78 is 4.85. The van der Waals surface area contributed by atoms with Crippen LogP contribution in [0.25, 0.3) is 0 Å². The third-order valence-electron chi connectivity index (χ3n) is 2.22. The third kappa shape index (κ3) is 2.29. The van der Waals surface area contributed by atoms with E-state index in [-0.39, 0.29) is 10.8 Å². The predicted molar refractivity (Wildman–Crippen MR) is 51.3 cm³/mol. The first-order chi connectivity index (χ1) is 6.43. The molecule has 0 aromatic carbocycles. The van der Waals surface area contributed by atoms with Crippen molar-refractivity contribution in [2.75, 3.05) is 14.2 Å². The van der Waals surface area contributed by atoms with Crippen molar-refractivity contribution in [2.45, 2.75) is 19.8 Å². The zero-order valence-corrected chi connectivity index (χ0v) is 9.09. The standard InChI is InChI=1S/C10H16NO3/c1-6-9(7-2)10(13,14-5)11(4)8(3)12/h6-7H,1H2,2-5H3/q-1/p+1/b9-7+. The van der Waals surface area contributed by atoms with Crippen LogP contribution in [0.2, 0.25) is 0 Å². The lowest BCUT2D eigenvalue weighted by molar-refractivity contribution is -0.984. The second-order valence-electron chi connectivity index (χ2n) is 2.95. The molecule has 0 aliphatic carbocycles. The number of likely N-dealkylation sites (N-methyl/N-ethyl adjacent to an activating group) is 1. The largest absolute Gasteiger partial charge is 0.775 e. The highest BCUT2D eigenvalue weighted by molar-refractivity contribution is 5.63. The quantitative estimate of drug-likeness (QED) is 0.459. The summed E-state index contributed by atoms with van der Waals surface area (Å²) in [5.74, 6) is -2.18. The molecule has 0 aliphatic heterocycles. The van der Waals surface area contributed by atoms with E-state index < -0.39 is 5.91 Å². The summed E-state index contributed by atoms with van der Waals surface area (Å²) in [7, 11) is 2.76. The fourth-order valence-electron chi connectivity index (χ4n) is 1.16. The minimum Gasteiger partial charge on any atom is -0.775 e. The van der Waals surface area contributed by atoms with Crippen LogP contribution in [-0.2, 0) is 9.53 Å². The lowest BCUT2D eigenvalue weighted by Gasteiger charge is -2.41. The average Bonchev–Trinajstić information content (AvgIpc) is 2.17. The maximum Gasteiger partial charge on any atom is 0.310 e. The molecule has 1 N–H and O–H groups in total. The Morgan fingerprint density at radius 2 is 2.14 bits per heavy atom. The highest BCUT2D eigenvalue weighted by Gasteiger charge is 2.32. The number of amides is 1. The van der Waals surface area contributed by atoms with Crippen LogP contribution < -0.4 is 10.0 Å². The van der Waals surface area contributed by atoms with E-state index in [1.54, 1.807) is 13.0 Å².